The molecule has 1 aliphatic rings. The number of hydrogen-bond acceptors (Lipinski definition) is 8. The predicted octanol–water partition coefficient (Wildman–Crippen LogP) is 4.79. The van der Waals surface area contributed by atoms with Crippen molar-refractivity contribution in [3.8, 4) is 11.5 Å². The summed E-state index contributed by atoms with van der Waals surface area (Å²) in [7, 11) is 3.12. The predicted molar refractivity (Wildman–Crippen MR) is 144 cm³/mol. The van der Waals surface area contributed by atoms with Gasteiger partial charge in [-0.05, 0) is 37.6 Å². The number of rotatable bonds is 8. The smallest absolute Gasteiger partial charge is 0.417 e. The molecule has 4 aromatic rings. The first kappa shape index (κ1) is 28.3. The Hall–Kier alpha value is -4.23. The minimum atomic E-state index is -4.69. The number of carbonyl (C=O) groups is 1. The van der Waals surface area contributed by atoms with Gasteiger partial charge in [0.05, 0.1) is 41.0 Å². The molecule has 0 spiro atoms. The van der Waals surface area contributed by atoms with Gasteiger partial charge in [0, 0.05) is 51.7 Å². The summed E-state index contributed by atoms with van der Waals surface area (Å²) in [5.74, 6) is 1.10. The number of hydrogen-bond donors (Lipinski definition) is 1. The molecule has 1 saturated heterocycles. The molecule has 0 aliphatic carbocycles. The van der Waals surface area contributed by atoms with Crippen molar-refractivity contribution >= 4 is 28.5 Å². The maximum atomic E-state index is 13.9. The fraction of sp³-hybridized carbons (Fsp3) is 0.357. The lowest BCUT2D eigenvalue weighted by Gasteiger charge is -2.32. The van der Waals surface area contributed by atoms with E-state index < -0.39 is 29.4 Å². The second-order valence-corrected chi connectivity index (χ2v) is 9.79. The zero-order valence-electron chi connectivity index (χ0n) is 22.6. The van der Waals surface area contributed by atoms with Crippen molar-refractivity contribution in [3.05, 3.63) is 70.4 Å². The van der Waals surface area contributed by atoms with Crippen LogP contribution in [0, 0.1) is 0 Å². The molecule has 10 nitrogen and oxygen atoms in total. The molecule has 0 saturated carbocycles. The van der Waals surface area contributed by atoms with Crippen LogP contribution in [0.4, 0.5) is 24.8 Å². The van der Waals surface area contributed by atoms with Gasteiger partial charge in [-0.1, -0.05) is 0 Å². The van der Waals surface area contributed by atoms with Crippen molar-refractivity contribution < 1.29 is 32.2 Å². The maximum absolute atomic E-state index is 13.9. The number of benzene rings is 1. The monoisotopic (exact) mass is 571 g/mol. The van der Waals surface area contributed by atoms with E-state index in [9.17, 15) is 22.8 Å². The standard InChI is InChI=1S/C28H28F3N5O5/c1-16(37)10-18-12-20(6-8-32-18)41-19-4-5-21-23(13-19)35(2)27(33-21)34-22-11-17(28(29,30)31)14-36(26(22)38)24-15-40-9-7-25(24)39-3/h4-6,8,11-14,24-25H,7,9-10,15H2,1-3H3,(H,33,34)/t24-,25+/m1/s1. The molecular formula is C28H28F3N5O5. The maximum Gasteiger partial charge on any atom is 0.417 e. The first-order valence-corrected chi connectivity index (χ1v) is 12.8. The number of methoxy groups -OCH3 is 1. The highest BCUT2D eigenvalue weighted by Crippen LogP contribution is 2.33. The summed E-state index contributed by atoms with van der Waals surface area (Å²) >= 11 is 0. The summed E-state index contributed by atoms with van der Waals surface area (Å²) in [5.41, 5.74) is -0.227. The third kappa shape index (κ3) is 6.10. The lowest BCUT2D eigenvalue weighted by atomic mass is 10.1. The van der Waals surface area contributed by atoms with Crippen molar-refractivity contribution in [1.29, 1.82) is 0 Å². The zero-order chi connectivity index (χ0) is 29.3. The Kier molecular flexibility index (Phi) is 7.82. The molecule has 3 aromatic heterocycles. The van der Waals surface area contributed by atoms with Gasteiger partial charge < -0.3 is 28.7 Å². The van der Waals surface area contributed by atoms with Crippen LogP contribution in [0.2, 0.25) is 0 Å². The fourth-order valence-electron chi connectivity index (χ4n) is 4.80. The average Bonchev–Trinajstić information content (AvgIpc) is 3.23. The van der Waals surface area contributed by atoms with Crippen molar-refractivity contribution in [2.45, 2.75) is 38.1 Å². The van der Waals surface area contributed by atoms with Crippen LogP contribution in [0.3, 0.4) is 0 Å². The third-order valence-electron chi connectivity index (χ3n) is 6.85. The lowest BCUT2D eigenvalue weighted by molar-refractivity contribution is -0.138. The second-order valence-electron chi connectivity index (χ2n) is 9.79. The highest BCUT2D eigenvalue weighted by Gasteiger charge is 2.35. The van der Waals surface area contributed by atoms with Crippen LogP contribution in [-0.2, 0) is 33.9 Å². The Bertz CT molecular complexity index is 1650. The van der Waals surface area contributed by atoms with Gasteiger partial charge in [0.2, 0.25) is 5.95 Å². The number of ketones is 1. The van der Waals surface area contributed by atoms with Crippen molar-refractivity contribution in [3.63, 3.8) is 0 Å². The highest BCUT2D eigenvalue weighted by atomic mass is 19.4. The number of aromatic nitrogens is 4. The second kappa shape index (κ2) is 11.3. The SMILES string of the molecule is CO[C@H]1CCOC[C@H]1n1cc(C(F)(F)F)cc(Nc2nc3ccc(Oc4ccnc(CC(C)=O)c4)cc3n2C)c1=O. The van der Waals surface area contributed by atoms with Crippen molar-refractivity contribution in [2.24, 2.45) is 7.05 Å². The molecule has 0 unspecified atom stereocenters. The van der Waals surface area contributed by atoms with E-state index in [1.165, 1.54) is 14.0 Å². The lowest BCUT2D eigenvalue weighted by Crippen LogP contribution is -2.41. The van der Waals surface area contributed by atoms with E-state index in [0.29, 0.717) is 41.3 Å². The fourth-order valence-corrected chi connectivity index (χ4v) is 4.80. The highest BCUT2D eigenvalue weighted by molar-refractivity contribution is 5.81. The average molecular weight is 572 g/mol. The first-order valence-electron chi connectivity index (χ1n) is 12.8. The number of pyridine rings is 2. The topological polar surface area (TPSA) is 110 Å². The van der Waals surface area contributed by atoms with E-state index in [4.69, 9.17) is 14.2 Å². The molecule has 2 atom stereocenters. The van der Waals surface area contributed by atoms with Gasteiger partial charge in [-0.15, -0.1) is 0 Å². The number of fused-ring (bicyclic) bond motifs is 1. The minimum Gasteiger partial charge on any atom is -0.457 e. The minimum absolute atomic E-state index is 0.0240. The van der Waals surface area contributed by atoms with E-state index in [1.807, 2.05) is 0 Å². The molecule has 0 radical (unpaired) electrons. The Morgan fingerprint density at radius 3 is 2.71 bits per heavy atom. The Balaban J connectivity index is 1.48. The Morgan fingerprint density at radius 1 is 1.20 bits per heavy atom. The number of imidazole rings is 1. The number of carbonyl (C=O) groups excluding carboxylic acids is 1. The Morgan fingerprint density at radius 2 is 1.98 bits per heavy atom. The van der Waals surface area contributed by atoms with Gasteiger partial charge >= 0.3 is 6.18 Å². The van der Waals surface area contributed by atoms with Gasteiger partial charge in [-0.3, -0.25) is 14.6 Å². The van der Waals surface area contributed by atoms with Gasteiger partial charge in [0.15, 0.2) is 0 Å². The van der Waals surface area contributed by atoms with Crippen LogP contribution in [0.1, 0.15) is 30.6 Å². The van der Waals surface area contributed by atoms with Crippen molar-refractivity contribution in [2.75, 3.05) is 25.6 Å². The molecule has 0 amide bonds. The molecule has 4 heterocycles. The van der Waals surface area contributed by atoms with Crippen LogP contribution in [0.15, 0.2) is 53.6 Å². The van der Waals surface area contributed by atoms with E-state index in [0.717, 1.165) is 16.8 Å². The first-order chi connectivity index (χ1) is 19.5. The van der Waals surface area contributed by atoms with E-state index >= 15 is 0 Å². The molecule has 13 heteroatoms. The molecule has 1 fully saturated rings. The summed E-state index contributed by atoms with van der Waals surface area (Å²) < 4.78 is 61.1. The summed E-state index contributed by atoms with van der Waals surface area (Å²) in [6.45, 7) is 1.91. The summed E-state index contributed by atoms with van der Waals surface area (Å²) in [4.78, 5) is 33.5. The number of aryl methyl sites for hydroxylation is 1. The molecule has 0 bridgehead atoms. The number of nitrogens with one attached hydrogen (secondary N) is 1. The van der Waals surface area contributed by atoms with Crippen molar-refractivity contribution in [1.82, 2.24) is 19.1 Å². The normalized spacial score (nSPS) is 17.5. The van der Waals surface area contributed by atoms with Crippen LogP contribution < -0.4 is 15.6 Å². The van der Waals surface area contributed by atoms with Gasteiger partial charge in [-0.25, -0.2) is 4.98 Å². The molecule has 41 heavy (non-hydrogen) atoms. The van der Waals surface area contributed by atoms with E-state index in [2.05, 4.69) is 15.3 Å². The molecule has 1 aromatic carbocycles. The zero-order valence-corrected chi connectivity index (χ0v) is 22.6. The number of anilines is 2. The largest absolute Gasteiger partial charge is 0.457 e. The molecule has 1 N–H and O–H groups in total. The van der Waals surface area contributed by atoms with Crippen LogP contribution in [0.25, 0.3) is 11.0 Å². The number of Topliss-reactive ketones (excluding diaryl/α,β-unsaturated/α-hetero) is 1. The van der Waals surface area contributed by atoms with E-state index in [-0.39, 0.29) is 30.4 Å². The number of halogens is 3. The van der Waals surface area contributed by atoms with Crippen LogP contribution in [-0.4, -0.2) is 51.3 Å². The number of ether oxygens (including phenoxy) is 3. The molecule has 1 aliphatic heterocycles. The third-order valence-corrected chi connectivity index (χ3v) is 6.85. The summed E-state index contributed by atoms with van der Waals surface area (Å²) in [6, 6.07) is 8.48. The molecule has 5 rings (SSSR count). The number of nitrogens with zero attached hydrogens (tertiary/aromatic N) is 4. The van der Waals surface area contributed by atoms with Gasteiger partial charge in [-0.2, -0.15) is 13.2 Å². The molecular weight excluding hydrogens is 543 g/mol. The quantitative estimate of drug-likeness (QED) is 0.322. The summed E-state index contributed by atoms with van der Waals surface area (Å²) in [5, 5.41) is 2.81. The number of alkyl halides is 3. The molecule has 216 valence electrons. The van der Waals surface area contributed by atoms with Crippen LogP contribution >= 0.6 is 0 Å². The summed E-state index contributed by atoms with van der Waals surface area (Å²) in [6.07, 6.45) is -2.19. The van der Waals surface area contributed by atoms with Gasteiger partial charge in [0.1, 0.15) is 23.0 Å². The van der Waals surface area contributed by atoms with E-state index in [1.54, 1.807) is 48.1 Å². The Labute approximate surface area is 232 Å². The van der Waals surface area contributed by atoms with Crippen LogP contribution in [0.5, 0.6) is 11.5 Å². The van der Waals surface area contributed by atoms with Gasteiger partial charge in [0.25, 0.3) is 5.56 Å².